The van der Waals surface area contributed by atoms with Gasteiger partial charge < -0.3 is 15.1 Å². The zero-order valence-electron chi connectivity index (χ0n) is 18.0. The molecule has 1 aromatic rings. The number of carbonyl (C=O) groups is 1. The SMILES string of the molecule is O=C(NC1CCN(CC2CCCC2)CC1)N1CCN(S(=O)(=O)c2ccccc2F)CC1. The standard InChI is InChI=1S/C22H33FN4O3S/c23-20-7-3-4-8-21(20)31(29,30)27-15-13-26(14-16-27)22(28)24-19-9-11-25(12-10-19)17-18-5-1-2-6-18/h3-4,7-8,18-19H,1-2,5-6,9-17H2,(H,24,28). The van der Waals surface area contributed by atoms with Crippen LogP contribution in [0.5, 0.6) is 0 Å². The number of hydrogen-bond donors (Lipinski definition) is 1. The van der Waals surface area contributed by atoms with Gasteiger partial charge in [0.25, 0.3) is 0 Å². The molecular formula is C22H33FN4O3S. The number of nitrogens with one attached hydrogen (secondary N) is 1. The largest absolute Gasteiger partial charge is 0.335 e. The number of halogens is 1. The summed E-state index contributed by atoms with van der Waals surface area (Å²) < 4.78 is 40.7. The third-order valence-electron chi connectivity index (χ3n) is 6.89. The van der Waals surface area contributed by atoms with Crippen molar-refractivity contribution in [2.24, 2.45) is 5.92 Å². The van der Waals surface area contributed by atoms with Crippen LogP contribution in [0.4, 0.5) is 9.18 Å². The van der Waals surface area contributed by atoms with E-state index in [2.05, 4.69) is 10.2 Å². The third kappa shape index (κ3) is 5.38. The maximum Gasteiger partial charge on any atom is 0.317 e. The molecule has 0 atom stereocenters. The summed E-state index contributed by atoms with van der Waals surface area (Å²) >= 11 is 0. The Morgan fingerprint density at radius 1 is 0.968 bits per heavy atom. The Labute approximate surface area is 184 Å². The maximum atomic E-state index is 14.0. The normalized spacial score (nSPS) is 22.7. The molecule has 0 radical (unpaired) electrons. The molecule has 7 nitrogen and oxygen atoms in total. The van der Waals surface area contributed by atoms with E-state index in [1.54, 1.807) is 4.90 Å². The Morgan fingerprint density at radius 2 is 1.61 bits per heavy atom. The first-order valence-electron chi connectivity index (χ1n) is 11.5. The summed E-state index contributed by atoms with van der Waals surface area (Å²) in [6, 6.07) is 5.46. The van der Waals surface area contributed by atoms with Crippen molar-refractivity contribution in [3.05, 3.63) is 30.1 Å². The summed E-state index contributed by atoms with van der Waals surface area (Å²) in [4.78, 5) is 16.6. The Morgan fingerprint density at radius 3 is 2.26 bits per heavy atom. The zero-order valence-corrected chi connectivity index (χ0v) is 18.8. The number of piperazine rings is 1. The van der Waals surface area contributed by atoms with Crippen molar-refractivity contribution in [2.45, 2.75) is 49.5 Å². The highest BCUT2D eigenvalue weighted by molar-refractivity contribution is 7.89. The van der Waals surface area contributed by atoms with Gasteiger partial charge in [-0.05, 0) is 43.7 Å². The molecule has 4 rings (SSSR count). The number of benzene rings is 1. The lowest BCUT2D eigenvalue weighted by molar-refractivity contribution is 0.149. The zero-order chi connectivity index (χ0) is 21.8. The van der Waals surface area contributed by atoms with E-state index in [1.165, 1.54) is 54.7 Å². The van der Waals surface area contributed by atoms with Gasteiger partial charge in [0.2, 0.25) is 10.0 Å². The van der Waals surface area contributed by atoms with Crippen LogP contribution in [0, 0.1) is 11.7 Å². The summed E-state index contributed by atoms with van der Waals surface area (Å²) in [6.45, 7) is 4.19. The van der Waals surface area contributed by atoms with Crippen molar-refractivity contribution < 1.29 is 17.6 Å². The number of sulfonamides is 1. The van der Waals surface area contributed by atoms with Crippen LogP contribution in [0.25, 0.3) is 0 Å². The molecule has 2 aliphatic heterocycles. The van der Waals surface area contributed by atoms with Crippen molar-refractivity contribution in [1.29, 1.82) is 0 Å². The van der Waals surface area contributed by atoms with E-state index >= 15 is 0 Å². The molecule has 2 saturated heterocycles. The average molecular weight is 453 g/mol. The second-order valence-electron chi connectivity index (χ2n) is 9.00. The van der Waals surface area contributed by atoms with Gasteiger partial charge in [-0.25, -0.2) is 17.6 Å². The number of carbonyl (C=O) groups excluding carboxylic acids is 1. The van der Waals surface area contributed by atoms with Gasteiger partial charge in [-0.3, -0.25) is 0 Å². The predicted octanol–water partition coefficient (Wildman–Crippen LogP) is 2.50. The van der Waals surface area contributed by atoms with Crippen LogP contribution in [-0.4, -0.2) is 80.4 Å². The molecule has 2 amide bonds. The van der Waals surface area contributed by atoms with E-state index in [1.807, 2.05) is 0 Å². The molecular weight excluding hydrogens is 419 g/mol. The highest BCUT2D eigenvalue weighted by Gasteiger charge is 2.32. The fraction of sp³-hybridized carbons (Fsp3) is 0.682. The topological polar surface area (TPSA) is 73.0 Å². The molecule has 3 aliphatic rings. The van der Waals surface area contributed by atoms with Gasteiger partial charge in [-0.2, -0.15) is 4.31 Å². The average Bonchev–Trinajstić information content (AvgIpc) is 3.28. The van der Waals surface area contributed by atoms with Crippen LogP contribution >= 0.6 is 0 Å². The first kappa shape index (κ1) is 22.5. The Kier molecular flexibility index (Phi) is 7.13. The molecule has 1 aliphatic carbocycles. The van der Waals surface area contributed by atoms with Crippen LogP contribution in [0.15, 0.2) is 29.2 Å². The monoisotopic (exact) mass is 452 g/mol. The number of amides is 2. The van der Waals surface area contributed by atoms with Crippen molar-refractivity contribution in [3.8, 4) is 0 Å². The molecule has 2 heterocycles. The Bertz CT molecular complexity index is 859. The molecule has 172 valence electrons. The van der Waals surface area contributed by atoms with Gasteiger partial charge in [0, 0.05) is 51.9 Å². The molecule has 0 bridgehead atoms. The van der Waals surface area contributed by atoms with Crippen LogP contribution < -0.4 is 5.32 Å². The Hall–Kier alpha value is -1.71. The van der Waals surface area contributed by atoms with Gasteiger partial charge in [0.1, 0.15) is 10.7 Å². The fourth-order valence-electron chi connectivity index (χ4n) is 5.01. The van der Waals surface area contributed by atoms with E-state index in [4.69, 9.17) is 0 Å². The number of piperidine rings is 1. The first-order chi connectivity index (χ1) is 14.9. The minimum atomic E-state index is -3.89. The number of rotatable bonds is 5. The molecule has 0 aromatic heterocycles. The predicted molar refractivity (Wildman–Crippen MR) is 117 cm³/mol. The second-order valence-corrected chi connectivity index (χ2v) is 10.9. The minimum absolute atomic E-state index is 0.128. The molecule has 0 unspecified atom stereocenters. The lowest BCUT2D eigenvalue weighted by atomic mass is 10.0. The molecule has 1 saturated carbocycles. The summed E-state index contributed by atoms with van der Waals surface area (Å²) in [5.74, 6) is 0.102. The number of urea groups is 1. The van der Waals surface area contributed by atoms with Crippen molar-refractivity contribution in [2.75, 3.05) is 45.8 Å². The van der Waals surface area contributed by atoms with E-state index in [0.717, 1.165) is 37.9 Å². The Balaban J connectivity index is 1.22. The highest BCUT2D eigenvalue weighted by Crippen LogP contribution is 2.26. The molecule has 3 fully saturated rings. The lowest BCUT2D eigenvalue weighted by Crippen LogP contribution is -2.55. The minimum Gasteiger partial charge on any atom is -0.335 e. The summed E-state index contributed by atoms with van der Waals surface area (Å²) in [5.41, 5.74) is 0. The van der Waals surface area contributed by atoms with Gasteiger partial charge in [-0.15, -0.1) is 0 Å². The van der Waals surface area contributed by atoms with Crippen molar-refractivity contribution in [1.82, 2.24) is 19.4 Å². The number of likely N-dealkylation sites (tertiary alicyclic amines) is 1. The first-order valence-corrected chi connectivity index (χ1v) is 12.9. The van der Waals surface area contributed by atoms with Crippen molar-refractivity contribution in [3.63, 3.8) is 0 Å². The molecule has 1 N–H and O–H groups in total. The van der Waals surface area contributed by atoms with Crippen molar-refractivity contribution >= 4 is 16.1 Å². The fourth-order valence-corrected chi connectivity index (χ4v) is 6.50. The van der Waals surface area contributed by atoms with E-state index in [9.17, 15) is 17.6 Å². The van der Waals surface area contributed by atoms with Crippen LogP contribution in [-0.2, 0) is 10.0 Å². The maximum absolute atomic E-state index is 14.0. The quantitative estimate of drug-likeness (QED) is 0.745. The van der Waals surface area contributed by atoms with E-state index < -0.39 is 15.8 Å². The van der Waals surface area contributed by atoms with E-state index in [0.29, 0.717) is 13.1 Å². The van der Waals surface area contributed by atoms with Gasteiger partial charge in [0.15, 0.2) is 0 Å². The molecule has 31 heavy (non-hydrogen) atoms. The van der Waals surface area contributed by atoms with Crippen LogP contribution in [0.2, 0.25) is 0 Å². The highest BCUT2D eigenvalue weighted by atomic mass is 32.2. The smallest absolute Gasteiger partial charge is 0.317 e. The molecule has 9 heteroatoms. The van der Waals surface area contributed by atoms with Gasteiger partial charge in [-0.1, -0.05) is 25.0 Å². The van der Waals surface area contributed by atoms with Crippen LogP contribution in [0.3, 0.4) is 0 Å². The molecule has 1 aromatic carbocycles. The summed E-state index contributed by atoms with van der Waals surface area (Å²) in [6.07, 6.45) is 7.36. The molecule has 0 spiro atoms. The summed E-state index contributed by atoms with van der Waals surface area (Å²) in [7, 11) is -3.89. The van der Waals surface area contributed by atoms with Crippen LogP contribution in [0.1, 0.15) is 38.5 Å². The van der Waals surface area contributed by atoms with Gasteiger partial charge in [0.05, 0.1) is 0 Å². The summed E-state index contributed by atoms with van der Waals surface area (Å²) in [5, 5.41) is 3.13. The van der Waals surface area contributed by atoms with Gasteiger partial charge >= 0.3 is 6.03 Å². The number of hydrogen-bond acceptors (Lipinski definition) is 4. The van der Waals surface area contributed by atoms with E-state index in [-0.39, 0.29) is 30.1 Å². The number of nitrogens with zero attached hydrogens (tertiary/aromatic N) is 3. The lowest BCUT2D eigenvalue weighted by Gasteiger charge is -2.37. The second kappa shape index (κ2) is 9.83. The third-order valence-corrected chi connectivity index (χ3v) is 8.82.